The maximum absolute atomic E-state index is 12.0. The first-order valence-corrected chi connectivity index (χ1v) is 9.17. The highest BCUT2D eigenvalue weighted by molar-refractivity contribution is 8.01. The van der Waals surface area contributed by atoms with Gasteiger partial charge in [-0.3, -0.25) is 4.79 Å². The molecular weight excluding hydrogens is 294 g/mol. The highest BCUT2D eigenvalue weighted by atomic mass is 32.2. The topological polar surface area (TPSA) is 29.5 Å². The number of hydrogen-bond donors (Lipinski definition) is 0. The summed E-state index contributed by atoms with van der Waals surface area (Å²) in [5.41, 5.74) is 1.55. The van der Waals surface area contributed by atoms with Crippen molar-refractivity contribution in [2.75, 3.05) is 13.6 Å². The van der Waals surface area contributed by atoms with Crippen molar-refractivity contribution in [3.8, 4) is 5.75 Å². The van der Waals surface area contributed by atoms with E-state index in [0.717, 1.165) is 25.1 Å². The molecule has 0 radical (unpaired) electrons. The summed E-state index contributed by atoms with van der Waals surface area (Å²) in [5.74, 6) is 1.51. The number of fused-ring (bicyclic) bond motifs is 2. The predicted molar refractivity (Wildman–Crippen MR) is 86.5 cm³/mol. The van der Waals surface area contributed by atoms with E-state index >= 15 is 0 Å². The fourth-order valence-corrected chi connectivity index (χ4v) is 5.81. The lowest BCUT2D eigenvalue weighted by Gasteiger charge is -2.41. The highest BCUT2D eigenvalue weighted by Gasteiger charge is 2.53. The first kappa shape index (κ1) is 13.4. The van der Waals surface area contributed by atoms with Gasteiger partial charge in [-0.1, -0.05) is 17.8 Å². The van der Waals surface area contributed by atoms with Crippen LogP contribution in [0.15, 0.2) is 23.1 Å². The van der Waals surface area contributed by atoms with E-state index in [2.05, 4.69) is 30.1 Å². The molecule has 2 aliphatic carbocycles. The van der Waals surface area contributed by atoms with Gasteiger partial charge >= 0.3 is 0 Å². The van der Waals surface area contributed by atoms with Crippen LogP contribution >= 0.6 is 11.8 Å². The first-order chi connectivity index (χ1) is 10.6. The molecule has 3 nitrogen and oxygen atoms in total. The SMILES string of the molecule is CN1CC[C@]2(c3ccc4c(c3)OC3(CC3)S4)CCC(=O)C[C@H]12. The van der Waals surface area contributed by atoms with E-state index in [1.54, 1.807) is 0 Å². The number of rotatable bonds is 1. The number of likely N-dealkylation sites (N-methyl/N-ethyl adjacent to an activating group) is 1. The van der Waals surface area contributed by atoms with Crippen molar-refractivity contribution >= 4 is 17.5 Å². The minimum absolute atomic E-state index is 0.0764. The molecule has 3 fully saturated rings. The van der Waals surface area contributed by atoms with Gasteiger partial charge in [0.25, 0.3) is 0 Å². The van der Waals surface area contributed by atoms with Crippen molar-refractivity contribution in [1.82, 2.24) is 4.90 Å². The second-order valence-corrected chi connectivity index (χ2v) is 8.81. The average molecular weight is 315 g/mol. The number of likely N-dealkylation sites (tertiary alicyclic amines) is 1. The van der Waals surface area contributed by atoms with Gasteiger partial charge in [0, 0.05) is 37.1 Å². The molecule has 0 N–H and O–H groups in total. The lowest BCUT2D eigenvalue weighted by Crippen LogP contribution is -2.46. The van der Waals surface area contributed by atoms with Crippen molar-refractivity contribution < 1.29 is 9.53 Å². The molecular formula is C18H21NO2S. The summed E-state index contributed by atoms with van der Waals surface area (Å²) in [6, 6.07) is 7.22. The Morgan fingerprint density at radius 3 is 2.95 bits per heavy atom. The second kappa shape index (κ2) is 4.30. The number of ketones is 1. The van der Waals surface area contributed by atoms with Crippen molar-refractivity contribution in [3.63, 3.8) is 0 Å². The summed E-state index contributed by atoms with van der Waals surface area (Å²) < 4.78 is 6.21. The van der Waals surface area contributed by atoms with Gasteiger partial charge in [-0.05, 0) is 44.1 Å². The molecule has 4 aliphatic rings. The molecule has 2 heterocycles. The lowest BCUT2D eigenvalue weighted by molar-refractivity contribution is -0.122. The molecule has 1 aromatic rings. The molecule has 1 spiro atoms. The van der Waals surface area contributed by atoms with Crippen LogP contribution in [0.1, 0.15) is 44.1 Å². The highest BCUT2D eigenvalue weighted by Crippen LogP contribution is 2.61. The zero-order valence-corrected chi connectivity index (χ0v) is 13.7. The average Bonchev–Trinajstić information content (AvgIpc) is 3.02. The van der Waals surface area contributed by atoms with E-state index in [1.807, 2.05) is 11.8 Å². The fraction of sp³-hybridized carbons (Fsp3) is 0.611. The Balaban J connectivity index is 1.55. The van der Waals surface area contributed by atoms with Crippen LogP contribution < -0.4 is 4.74 Å². The van der Waals surface area contributed by atoms with Crippen molar-refractivity contribution in [1.29, 1.82) is 0 Å². The number of ether oxygens (including phenoxy) is 1. The molecule has 1 saturated heterocycles. The summed E-state index contributed by atoms with van der Waals surface area (Å²) in [7, 11) is 2.17. The maximum atomic E-state index is 12.0. The molecule has 5 rings (SSSR count). The van der Waals surface area contributed by atoms with Crippen molar-refractivity contribution in [2.24, 2.45) is 0 Å². The zero-order valence-electron chi connectivity index (χ0n) is 12.9. The van der Waals surface area contributed by atoms with Crippen molar-refractivity contribution in [2.45, 2.75) is 59.8 Å². The molecule has 22 heavy (non-hydrogen) atoms. The number of hydrogen-bond acceptors (Lipinski definition) is 4. The molecule has 2 aliphatic heterocycles. The maximum Gasteiger partial charge on any atom is 0.159 e. The molecule has 1 aromatic carbocycles. The summed E-state index contributed by atoms with van der Waals surface area (Å²) >= 11 is 1.90. The monoisotopic (exact) mass is 315 g/mol. The van der Waals surface area contributed by atoms with Gasteiger partial charge in [0.1, 0.15) is 11.5 Å². The Morgan fingerprint density at radius 2 is 2.14 bits per heavy atom. The molecule has 4 heteroatoms. The first-order valence-electron chi connectivity index (χ1n) is 8.35. The van der Waals surface area contributed by atoms with Crippen molar-refractivity contribution in [3.05, 3.63) is 23.8 Å². The van der Waals surface area contributed by atoms with Crippen LogP contribution in [0.5, 0.6) is 5.75 Å². The summed E-state index contributed by atoms with van der Waals surface area (Å²) in [6.45, 7) is 1.09. The molecule has 0 bridgehead atoms. The van der Waals surface area contributed by atoms with Crippen LogP contribution in [0.2, 0.25) is 0 Å². The van der Waals surface area contributed by atoms with Crippen LogP contribution in [-0.4, -0.2) is 35.3 Å². The second-order valence-electron chi connectivity index (χ2n) is 7.42. The smallest absolute Gasteiger partial charge is 0.159 e. The van der Waals surface area contributed by atoms with E-state index in [4.69, 9.17) is 4.74 Å². The van der Waals surface area contributed by atoms with Gasteiger partial charge in [-0.25, -0.2) is 0 Å². The van der Waals surface area contributed by atoms with Gasteiger partial charge in [-0.2, -0.15) is 0 Å². The van der Waals surface area contributed by atoms with E-state index < -0.39 is 0 Å². The Kier molecular flexibility index (Phi) is 2.62. The Labute approximate surface area is 135 Å². The number of Topliss-reactive ketones (excluding diaryl/α,β-unsaturated/α-hetero) is 1. The van der Waals surface area contributed by atoms with Crippen LogP contribution in [0.25, 0.3) is 0 Å². The van der Waals surface area contributed by atoms with E-state index in [-0.39, 0.29) is 10.3 Å². The fourth-order valence-electron chi connectivity index (χ4n) is 4.63. The summed E-state index contributed by atoms with van der Waals surface area (Å²) in [5, 5.41) is 0. The number of thioether (sulfide) groups is 1. The van der Waals surface area contributed by atoms with E-state index in [1.165, 1.54) is 29.7 Å². The molecule has 116 valence electrons. The third-order valence-electron chi connectivity index (χ3n) is 6.12. The molecule has 2 atom stereocenters. The van der Waals surface area contributed by atoms with Crippen LogP contribution in [0.4, 0.5) is 0 Å². The van der Waals surface area contributed by atoms with Gasteiger partial charge in [-0.15, -0.1) is 0 Å². The standard InChI is InChI=1S/C18H21NO2S/c1-19-9-8-17(5-4-13(20)11-16(17)19)12-2-3-15-14(10-12)21-18(22-15)6-7-18/h2-3,10,16H,4-9,11H2,1H3/t16-,17-/m0/s1. The summed E-state index contributed by atoms with van der Waals surface area (Å²) in [6.07, 6.45) is 5.96. The minimum Gasteiger partial charge on any atom is -0.475 e. The van der Waals surface area contributed by atoms with Crippen LogP contribution in [-0.2, 0) is 10.2 Å². The Morgan fingerprint density at radius 1 is 1.27 bits per heavy atom. The number of carbonyl (C=O) groups excluding carboxylic acids is 1. The largest absolute Gasteiger partial charge is 0.475 e. The lowest BCUT2D eigenvalue weighted by atomic mass is 9.66. The van der Waals surface area contributed by atoms with Gasteiger partial charge in [0.15, 0.2) is 4.93 Å². The number of nitrogens with zero attached hydrogens (tertiary/aromatic N) is 1. The predicted octanol–water partition coefficient (Wildman–Crippen LogP) is 3.36. The van der Waals surface area contributed by atoms with Gasteiger partial charge in [0.2, 0.25) is 0 Å². The minimum atomic E-state index is 0.0764. The zero-order chi connectivity index (χ0) is 14.9. The molecule has 0 unspecified atom stereocenters. The molecule has 2 saturated carbocycles. The summed E-state index contributed by atoms with van der Waals surface area (Å²) in [4.78, 5) is 15.7. The number of carbonyl (C=O) groups is 1. The molecule has 0 aromatic heterocycles. The third kappa shape index (κ3) is 1.77. The molecule has 0 amide bonds. The van der Waals surface area contributed by atoms with Crippen LogP contribution in [0, 0.1) is 0 Å². The van der Waals surface area contributed by atoms with Gasteiger partial charge in [0.05, 0.1) is 4.90 Å². The number of benzene rings is 1. The normalized spacial score (nSPS) is 35.3. The Bertz CT molecular complexity index is 669. The van der Waals surface area contributed by atoms with Crippen LogP contribution in [0.3, 0.4) is 0 Å². The van der Waals surface area contributed by atoms with E-state index in [0.29, 0.717) is 18.2 Å². The Hall–Kier alpha value is -1.00. The van der Waals surface area contributed by atoms with Gasteiger partial charge < -0.3 is 9.64 Å². The third-order valence-corrected chi connectivity index (χ3v) is 7.54. The quantitative estimate of drug-likeness (QED) is 0.795. The van der Waals surface area contributed by atoms with E-state index in [9.17, 15) is 4.79 Å².